The summed E-state index contributed by atoms with van der Waals surface area (Å²) in [4.78, 5) is 27.1. The van der Waals surface area contributed by atoms with Gasteiger partial charge in [0.05, 0.1) is 4.88 Å². The van der Waals surface area contributed by atoms with Crippen LogP contribution in [0.15, 0.2) is 40.4 Å². The lowest BCUT2D eigenvalue weighted by molar-refractivity contribution is -0.143. The van der Waals surface area contributed by atoms with E-state index in [2.05, 4.69) is 15.0 Å². The fourth-order valence-electron chi connectivity index (χ4n) is 2.01. The van der Waals surface area contributed by atoms with E-state index < -0.39 is 0 Å². The average molecular weight is 344 g/mol. The maximum Gasteiger partial charge on any atom is 0.326 e. The van der Waals surface area contributed by atoms with Gasteiger partial charge in [0.15, 0.2) is 0 Å². The lowest BCUT2D eigenvalue weighted by Crippen LogP contribution is -2.28. The number of hydrogen-bond acceptors (Lipinski definition) is 8. The van der Waals surface area contributed by atoms with E-state index in [9.17, 15) is 4.79 Å². The van der Waals surface area contributed by atoms with Crippen LogP contribution in [0, 0.1) is 6.92 Å². The molecular formula is C16H16N4O3S. The van der Waals surface area contributed by atoms with Crippen molar-refractivity contribution in [3.8, 4) is 10.8 Å². The zero-order valence-corrected chi connectivity index (χ0v) is 14.1. The van der Waals surface area contributed by atoms with E-state index in [0.29, 0.717) is 23.3 Å². The smallest absolute Gasteiger partial charge is 0.326 e. The Bertz CT molecular complexity index is 802. The van der Waals surface area contributed by atoms with Crippen LogP contribution in [-0.2, 0) is 16.1 Å². The molecule has 0 atom stereocenters. The van der Waals surface area contributed by atoms with Crippen LogP contribution in [0.4, 0.5) is 5.95 Å². The summed E-state index contributed by atoms with van der Waals surface area (Å²) < 4.78 is 10.9. The van der Waals surface area contributed by atoms with Crippen molar-refractivity contribution in [1.29, 1.82) is 0 Å². The van der Waals surface area contributed by atoms with Gasteiger partial charge in [-0.1, -0.05) is 6.07 Å². The average Bonchev–Trinajstić information content (AvgIpc) is 3.23. The van der Waals surface area contributed by atoms with Crippen molar-refractivity contribution in [2.45, 2.75) is 13.5 Å². The first-order chi connectivity index (χ1) is 11.6. The van der Waals surface area contributed by atoms with Gasteiger partial charge in [-0.15, -0.1) is 11.3 Å². The number of carbonyl (C=O) groups excluding carboxylic acids is 1. The molecule has 0 aromatic carbocycles. The molecule has 3 aromatic heterocycles. The third-order valence-electron chi connectivity index (χ3n) is 3.25. The van der Waals surface area contributed by atoms with Crippen LogP contribution in [0.25, 0.3) is 10.8 Å². The number of esters is 1. The lowest BCUT2D eigenvalue weighted by Gasteiger charge is -2.15. The van der Waals surface area contributed by atoms with Gasteiger partial charge in [0, 0.05) is 19.4 Å². The zero-order valence-electron chi connectivity index (χ0n) is 13.3. The number of aryl methyl sites for hydroxylation is 1. The minimum atomic E-state index is -0.384. The summed E-state index contributed by atoms with van der Waals surface area (Å²) in [5, 5.41) is 1.95. The van der Waals surface area contributed by atoms with Gasteiger partial charge in [0.2, 0.25) is 11.8 Å². The molecule has 0 saturated carbocycles. The van der Waals surface area contributed by atoms with Crippen molar-refractivity contribution in [2.75, 3.05) is 18.5 Å². The second-order valence-corrected chi connectivity index (χ2v) is 6.01. The van der Waals surface area contributed by atoms with Gasteiger partial charge in [-0.3, -0.25) is 4.79 Å². The molecule has 7 nitrogen and oxygen atoms in total. The summed E-state index contributed by atoms with van der Waals surface area (Å²) >= 11 is 1.54. The number of hydrogen-bond donors (Lipinski definition) is 0. The predicted octanol–water partition coefficient (Wildman–Crippen LogP) is 2.68. The Balaban J connectivity index is 1.57. The van der Waals surface area contributed by atoms with Crippen molar-refractivity contribution in [1.82, 2.24) is 15.0 Å². The van der Waals surface area contributed by atoms with Crippen LogP contribution >= 0.6 is 11.3 Å². The standard InChI is InChI=1S/C16H16N4O3S/c1-11-12(19-15(23-11)13-5-3-8-24-13)10-22-14(21)9-20(2)16-17-6-4-7-18-16/h3-8H,9-10H2,1-2H3. The van der Waals surface area contributed by atoms with Crippen LogP contribution in [0.5, 0.6) is 0 Å². The molecule has 0 fully saturated rings. The number of anilines is 1. The Morgan fingerprint density at radius 2 is 2.12 bits per heavy atom. The van der Waals surface area contributed by atoms with Crippen molar-refractivity contribution in [2.24, 2.45) is 0 Å². The summed E-state index contributed by atoms with van der Waals surface area (Å²) in [6.07, 6.45) is 3.24. The molecule has 0 unspecified atom stereocenters. The Hall–Kier alpha value is -2.74. The van der Waals surface area contributed by atoms with E-state index in [-0.39, 0.29) is 19.1 Å². The highest BCUT2D eigenvalue weighted by atomic mass is 32.1. The fraction of sp³-hybridized carbons (Fsp3) is 0.250. The SMILES string of the molecule is Cc1oc(-c2cccs2)nc1COC(=O)CN(C)c1ncccn1. The van der Waals surface area contributed by atoms with E-state index >= 15 is 0 Å². The molecule has 0 amide bonds. The number of thiophene rings is 1. The summed E-state index contributed by atoms with van der Waals surface area (Å²) in [6.45, 7) is 1.93. The summed E-state index contributed by atoms with van der Waals surface area (Å²) in [5.74, 6) is 1.27. The molecule has 8 heteroatoms. The van der Waals surface area contributed by atoms with Gasteiger partial charge in [-0.05, 0) is 24.4 Å². The summed E-state index contributed by atoms with van der Waals surface area (Å²) in [7, 11) is 1.73. The number of ether oxygens (including phenoxy) is 1. The highest BCUT2D eigenvalue weighted by Crippen LogP contribution is 2.26. The molecule has 3 aromatic rings. The quantitative estimate of drug-likeness (QED) is 0.636. The molecule has 0 spiro atoms. The Kier molecular flexibility index (Phi) is 4.85. The molecule has 0 saturated heterocycles. The van der Waals surface area contributed by atoms with Gasteiger partial charge < -0.3 is 14.1 Å². The molecule has 0 aliphatic rings. The predicted molar refractivity (Wildman–Crippen MR) is 89.7 cm³/mol. The van der Waals surface area contributed by atoms with Crippen molar-refractivity contribution >= 4 is 23.3 Å². The second kappa shape index (κ2) is 7.22. The molecule has 0 bridgehead atoms. The van der Waals surface area contributed by atoms with E-state index in [1.54, 1.807) is 48.7 Å². The van der Waals surface area contributed by atoms with Crippen LogP contribution in [-0.4, -0.2) is 34.5 Å². The second-order valence-electron chi connectivity index (χ2n) is 5.06. The largest absolute Gasteiger partial charge is 0.458 e. The number of oxazole rings is 1. The third-order valence-corrected chi connectivity index (χ3v) is 4.11. The zero-order chi connectivity index (χ0) is 16.9. The first-order valence-corrected chi connectivity index (χ1v) is 8.15. The van der Waals surface area contributed by atoms with Crippen molar-refractivity contribution < 1.29 is 13.9 Å². The molecule has 124 valence electrons. The molecule has 3 rings (SSSR count). The number of nitrogens with zero attached hydrogens (tertiary/aromatic N) is 4. The maximum absolute atomic E-state index is 12.0. The molecular weight excluding hydrogens is 328 g/mol. The van der Waals surface area contributed by atoms with Crippen LogP contribution in [0.3, 0.4) is 0 Å². The highest BCUT2D eigenvalue weighted by molar-refractivity contribution is 7.13. The molecule has 0 aliphatic heterocycles. The van der Waals surface area contributed by atoms with E-state index in [4.69, 9.17) is 9.15 Å². The first kappa shape index (κ1) is 16.1. The molecule has 0 aliphatic carbocycles. The van der Waals surface area contributed by atoms with Gasteiger partial charge in [-0.2, -0.15) is 0 Å². The van der Waals surface area contributed by atoms with Gasteiger partial charge in [-0.25, -0.2) is 15.0 Å². The summed E-state index contributed by atoms with van der Waals surface area (Å²) in [6, 6.07) is 5.58. The van der Waals surface area contributed by atoms with E-state index in [1.165, 1.54) is 0 Å². The minimum absolute atomic E-state index is 0.0543. The Morgan fingerprint density at radius 1 is 1.33 bits per heavy atom. The number of rotatable bonds is 6. The Morgan fingerprint density at radius 3 is 2.83 bits per heavy atom. The van der Waals surface area contributed by atoms with Gasteiger partial charge in [0.25, 0.3) is 0 Å². The Labute approximate surface area is 142 Å². The van der Waals surface area contributed by atoms with Gasteiger partial charge >= 0.3 is 5.97 Å². The number of likely N-dealkylation sites (N-methyl/N-ethyl adjacent to an activating group) is 1. The van der Waals surface area contributed by atoms with Gasteiger partial charge in [0.1, 0.15) is 24.6 Å². The van der Waals surface area contributed by atoms with E-state index in [0.717, 1.165) is 4.88 Å². The van der Waals surface area contributed by atoms with Crippen molar-refractivity contribution in [3.63, 3.8) is 0 Å². The van der Waals surface area contributed by atoms with E-state index in [1.807, 2.05) is 17.5 Å². The normalized spacial score (nSPS) is 10.6. The first-order valence-electron chi connectivity index (χ1n) is 7.27. The third kappa shape index (κ3) is 3.77. The van der Waals surface area contributed by atoms with Crippen LogP contribution in [0.2, 0.25) is 0 Å². The number of aromatic nitrogens is 3. The monoisotopic (exact) mass is 344 g/mol. The fourth-order valence-corrected chi connectivity index (χ4v) is 2.66. The lowest BCUT2D eigenvalue weighted by atomic mass is 10.4. The van der Waals surface area contributed by atoms with Crippen LogP contribution in [0.1, 0.15) is 11.5 Å². The maximum atomic E-state index is 12.0. The highest BCUT2D eigenvalue weighted by Gasteiger charge is 2.15. The molecule has 0 N–H and O–H groups in total. The molecule has 3 heterocycles. The number of carbonyl (C=O) groups is 1. The molecule has 24 heavy (non-hydrogen) atoms. The van der Waals surface area contributed by atoms with Crippen molar-refractivity contribution in [3.05, 3.63) is 47.4 Å². The topological polar surface area (TPSA) is 81.4 Å². The van der Waals surface area contributed by atoms with Crippen LogP contribution < -0.4 is 4.90 Å². The summed E-state index contributed by atoms with van der Waals surface area (Å²) in [5.41, 5.74) is 0.616. The minimum Gasteiger partial charge on any atom is -0.458 e. The molecule has 0 radical (unpaired) electrons.